The Morgan fingerprint density at radius 3 is 2.50 bits per heavy atom. The van der Waals surface area contributed by atoms with Gasteiger partial charge in [0.15, 0.2) is 0 Å². The van der Waals surface area contributed by atoms with Crippen LogP contribution in [0.2, 0.25) is 0 Å². The zero-order valence-electron chi connectivity index (χ0n) is 16.0. The molecule has 2 aromatic carbocycles. The third kappa shape index (κ3) is 3.84. The van der Waals surface area contributed by atoms with Gasteiger partial charge >= 0.3 is 0 Å². The number of aromatic nitrogens is 2. The maximum Gasteiger partial charge on any atom is 0.241 e. The van der Waals surface area contributed by atoms with Crippen LogP contribution in [0.25, 0.3) is 22.0 Å². The van der Waals surface area contributed by atoms with Crippen LogP contribution in [-0.2, 0) is 10.0 Å². The molecule has 8 heteroatoms. The Bertz CT molecular complexity index is 1100. The molecule has 0 spiro atoms. The lowest BCUT2D eigenvalue weighted by atomic mass is 10.0. The van der Waals surface area contributed by atoms with E-state index in [1.807, 2.05) is 37.3 Å². The molecular weight excluding hydrogens is 378 g/mol. The zero-order chi connectivity index (χ0) is 20.3. The first kappa shape index (κ1) is 20.2. The van der Waals surface area contributed by atoms with Gasteiger partial charge in [0.05, 0.1) is 18.6 Å². The second kappa shape index (κ2) is 8.22. The first-order valence-corrected chi connectivity index (χ1v) is 10.4. The highest BCUT2D eigenvalue weighted by Crippen LogP contribution is 2.32. The number of methoxy groups -OCH3 is 1. The van der Waals surface area contributed by atoms with Crippen LogP contribution in [0, 0.1) is 6.92 Å². The van der Waals surface area contributed by atoms with Crippen LogP contribution in [0.15, 0.2) is 47.4 Å². The summed E-state index contributed by atoms with van der Waals surface area (Å²) in [5, 5.41) is 19.3. The Morgan fingerprint density at radius 2 is 1.86 bits per heavy atom. The molecule has 0 unspecified atom stereocenters. The van der Waals surface area contributed by atoms with Crippen LogP contribution < -0.4 is 9.46 Å². The standard InChI is InChI=1S/C20H23N3O4S/c1-4-15(12-24)23-28(25,26)18-11-14(10-9-13(18)2)19-16-7-5-6-8-17(16)20(27-3)22-21-19/h5-11,15,23-24H,4,12H2,1-3H3/t15-/m1/s1. The van der Waals surface area contributed by atoms with E-state index in [2.05, 4.69) is 14.9 Å². The first-order chi connectivity index (χ1) is 13.4. The highest BCUT2D eigenvalue weighted by Gasteiger charge is 2.22. The number of nitrogens with zero attached hydrogens (tertiary/aromatic N) is 2. The lowest BCUT2D eigenvalue weighted by Crippen LogP contribution is -2.37. The van der Waals surface area contributed by atoms with Gasteiger partial charge in [0.2, 0.25) is 15.9 Å². The molecule has 0 saturated heterocycles. The molecule has 2 N–H and O–H groups in total. The topological polar surface area (TPSA) is 101 Å². The van der Waals surface area contributed by atoms with Crippen molar-refractivity contribution < 1.29 is 18.3 Å². The summed E-state index contributed by atoms with van der Waals surface area (Å²) in [4.78, 5) is 0.151. The number of hydrogen-bond acceptors (Lipinski definition) is 6. The second-order valence-corrected chi connectivity index (χ2v) is 8.18. The molecule has 1 aromatic heterocycles. The third-order valence-corrected chi connectivity index (χ3v) is 6.30. The number of sulfonamides is 1. The summed E-state index contributed by atoms with van der Waals surface area (Å²) in [5.74, 6) is 0.412. The molecule has 0 aliphatic carbocycles. The van der Waals surface area contributed by atoms with Crippen molar-refractivity contribution in [1.82, 2.24) is 14.9 Å². The number of rotatable bonds is 7. The lowest BCUT2D eigenvalue weighted by Gasteiger charge is -2.16. The van der Waals surface area contributed by atoms with Crippen LogP contribution in [0.4, 0.5) is 0 Å². The van der Waals surface area contributed by atoms with Gasteiger partial charge in [-0.15, -0.1) is 10.2 Å². The highest BCUT2D eigenvalue weighted by atomic mass is 32.2. The van der Waals surface area contributed by atoms with E-state index >= 15 is 0 Å². The molecule has 0 fully saturated rings. The van der Waals surface area contributed by atoms with Gasteiger partial charge in [-0.2, -0.15) is 0 Å². The van der Waals surface area contributed by atoms with Crippen molar-refractivity contribution in [1.29, 1.82) is 0 Å². The molecular formula is C20H23N3O4S. The molecule has 3 aromatic rings. The van der Waals surface area contributed by atoms with Gasteiger partial charge in [-0.25, -0.2) is 13.1 Å². The second-order valence-electron chi connectivity index (χ2n) is 6.49. The lowest BCUT2D eigenvalue weighted by molar-refractivity contribution is 0.254. The van der Waals surface area contributed by atoms with Gasteiger partial charge in [0, 0.05) is 22.4 Å². The number of fused-ring (bicyclic) bond motifs is 1. The van der Waals surface area contributed by atoms with E-state index in [1.165, 1.54) is 7.11 Å². The molecule has 148 valence electrons. The van der Waals surface area contributed by atoms with Crippen molar-refractivity contribution in [2.24, 2.45) is 0 Å². The Balaban J connectivity index is 2.14. The average molecular weight is 401 g/mol. The first-order valence-electron chi connectivity index (χ1n) is 8.95. The minimum atomic E-state index is -3.79. The fraction of sp³-hybridized carbons (Fsp3) is 0.300. The molecule has 0 aliphatic rings. The summed E-state index contributed by atoms with van der Waals surface area (Å²) in [6.07, 6.45) is 0.489. The molecule has 1 atom stereocenters. The average Bonchev–Trinajstić information content (AvgIpc) is 2.71. The molecule has 1 heterocycles. The summed E-state index contributed by atoms with van der Waals surface area (Å²) in [6, 6.07) is 12.2. The number of nitrogens with one attached hydrogen (secondary N) is 1. The third-order valence-electron chi connectivity index (χ3n) is 4.63. The quantitative estimate of drug-likeness (QED) is 0.631. The number of aryl methyl sites for hydroxylation is 1. The van der Waals surface area contributed by atoms with Gasteiger partial charge in [-0.3, -0.25) is 0 Å². The van der Waals surface area contributed by atoms with Crippen LogP contribution in [0.1, 0.15) is 18.9 Å². The number of benzene rings is 2. The summed E-state index contributed by atoms with van der Waals surface area (Å²) in [7, 11) is -2.26. The van der Waals surface area contributed by atoms with Crippen molar-refractivity contribution in [2.75, 3.05) is 13.7 Å². The fourth-order valence-corrected chi connectivity index (χ4v) is 4.59. The number of aliphatic hydroxyl groups is 1. The van der Waals surface area contributed by atoms with E-state index in [9.17, 15) is 13.5 Å². The molecule has 0 radical (unpaired) electrons. The predicted octanol–water partition coefficient (Wildman–Crippen LogP) is 2.66. The van der Waals surface area contributed by atoms with Crippen LogP contribution >= 0.6 is 0 Å². The number of hydrogen-bond donors (Lipinski definition) is 2. The van der Waals surface area contributed by atoms with E-state index < -0.39 is 16.1 Å². The summed E-state index contributed by atoms with van der Waals surface area (Å²) >= 11 is 0. The highest BCUT2D eigenvalue weighted by molar-refractivity contribution is 7.89. The van der Waals surface area contributed by atoms with Crippen molar-refractivity contribution in [3.8, 4) is 17.1 Å². The molecule has 7 nitrogen and oxygen atoms in total. The summed E-state index contributed by atoms with van der Waals surface area (Å²) in [5.41, 5.74) is 1.81. The maximum atomic E-state index is 12.9. The van der Waals surface area contributed by atoms with Crippen molar-refractivity contribution in [3.05, 3.63) is 48.0 Å². The SMILES string of the molecule is CC[C@H](CO)NS(=O)(=O)c1cc(-c2nnc(OC)c3ccccc23)ccc1C. The molecule has 0 saturated carbocycles. The largest absolute Gasteiger partial charge is 0.479 e. The fourth-order valence-electron chi connectivity index (χ4n) is 3.01. The Hall–Kier alpha value is -2.55. The molecule has 0 bridgehead atoms. The van der Waals surface area contributed by atoms with E-state index in [0.29, 0.717) is 29.1 Å². The predicted molar refractivity (Wildman–Crippen MR) is 108 cm³/mol. The van der Waals surface area contributed by atoms with E-state index in [-0.39, 0.29) is 11.5 Å². The molecule has 28 heavy (non-hydrogen) atoms. The Labute approximate surface area is 164 Å². The van der Waals surface area contributed by atoms with Gasteiger partial charge < -0.3 is 9.84 Å². The van der Waals surface area contributed by atoms with Crippen molar-refractivity contribution in [2.45, 2.75) is 31.2 Å². The Morgan fingerprint density at radius 1 is 1.14 bits per heavy atom. The van der Waals surface area contributed by atoms with E-state index in [1.54, 1.807) is 19.1 Å². The van der Waals surface area contributed by atoms with Gasteiger partial charge in [-0.05, 0) is 31.0 Å². The van der Waals surface area contributed by atoms with Crippen LogP contribution in [-0.4, -0.2) is 43.5 Å². The van der Waals surface area contributed by atoms with Crippen LogP contribution in [0.5, 0.6) is 5.88 Å². The monoisotopic (exact) mass is 401 g/mol. The van der Waals surface area contributed by atoms with Gasteiger partial charge in [0.25, 0.3) is 0 Å². The molecule has 3 rings (SSSR count). The minimum absolute atomic E-state index is 0.151. The minimum Gasteiger partial charge on any atom is -0.479 e. The molecule has 0 amide bonds. The zero-order valence-corrected chi connectivity index (χ0v) is 16.8. The normalized spacial score (nSPS) is 12.9. The van der Waals surface area contributed by atoms with Gasteiger partial charge in [0.1, 0.15) is 5.69 Å². The van der Waals surface area contributed by atoms with Gasteiger partial charge in [-0.1, -0.05) is 37.3 Å². The van der Waals surface area contributed by atoms with E-state index in [0.717, 1.165) is 10.8 Å². The summed E-state index contributed by atoms with van der Waals surface area (Å²) < 4.78 is 33.5. The van der Waals surface area contributed by atoms with Crippen molar-refractivity contribution >= 4 is 20.8 Å². The smallest absolute Gasteiger partial charge is 0.241 e. The van der Waals surface area contributed by atoms with Crippen LogP contribution in [0.3, 0.4) is 0 Å². The van der Waals surface area contributed by atoms with E-state index in [4.69, 9.17) is 4.74 Å². The number of ether oxygens (including phenoxy) is 1. The summed E-state index contributed by atoms with van der Waals surface area (Å²) in [6.45, 7) is 3.28. The Kier molecular flexibility index (Phi) is 5.93. The number of aliphatic hydroxyl groups excluding tert-OH is 1. The van der Waals surface area contributed by atoms with Crippen molar-refractivity contribution in [3.63, 3.8) is 0 Å². The molecule has 0 aliphatic heterocycles. The maximum absolute atomic E-state index is 12.9.